The minimum atomic E-state index is 0.0654. The molecule has 0 unspecified atom stereocenters. The molecule has 0 aliphatic carbocycles. The molecule has 19 heavy (non-hydrogen) atoms. The van der Waals surface area contributed by atoms with Gasteiger partial charge in [-0.25, -0.2) is 4.98 Å². The Labute approximate surface area is 111 Å². The van der Waals surface area contributed by atoms with E-state index in [0.29, 0.717) is 18.8 Å². The number of nitrogens with zero attached hydrogens (tertiary/aromatic N) is 2. The first kappa shape index (κ1) is 13.1. The number of amides is 1. The number of pyridine rings is 1. The standard InChI is InChI=1S/C14H17N3O2/c1-17(2)13(19)6-8-16-14-12-9-11(18)4-3-10(12)5-7-15-14/h3-5,7,9,18H,6,8H2,1-2H3,(H,15,16). The Hall–Kier alpha value is -2.30. The number of phenolic OH excluding ortho intramolecular Hbond substituents is 1. The van der Waals surface area contributed by atoms with Crippen LogP contribution in [-0.4, -0.2) is 41.5 Å². The molecule has 0 radical (unpaired) electrons. The molecule has 0 spiro atoms. The Morgan fingerprint density at radius 3 is 2.89 bits per heavy atom. The second-order valence-corrected chi connectivity index (χ2v) is 4.53. The van der Waals surface area contributed by atoms with Gasteiger partial charge in [0.1, 0.15) is 11.6 Å². The summed E-state index contributed by atoms with van der Waals surface area (Å²) in [6.45, 7) is 0.513. The minimum absolute atomic E-state index is 0.0654. The second kappa shape index (κ2) is 5.56. The quantitative estimate of drug-likeness (QED) is 0.879. The highest BCUT2D eigenvalue weighted by atomic mass is 16.3. The summed E-state index contributed by atoms with van der Waals surface area (Å²) in [5.41, 5.74) is 0. The van der Waals surface area contributed by atoms with Crippen molar-refractivity contribution in [2.24, 2.45) is 0 Å². The minimum Gasteiger partial charge on any atom is -0.508 e. The fourth-order valence-electron chi connectivity index (χ4n) is 1.81. The van der Waals surface area contributed by atoms with Gasteiger partial charge in [0.05, 0.1) is 0 Å². The van der Waals surface area contributed by atoms with Gasteiger partial charge in [0.15, 0.2) is 0 Å². The maximum atomic E-state index is 11.5. The van der Waals surface area contributed by atoms with E-state index in [4.69, 9.17) is 0 Å². The predicted octanol–water partition coefficient (Wildman–Crippen LogP) is 1.83. The van der Waals surface area contributed by atoms with Crippen molar-refractivity contribution in [2.75, 3.05) is 26.0 Å². The third kappa shape index (κ3) is 3.13. The third-order valence-corrected chi connectivity index (χ3v) is 2.88. The fraction of sp³-hybridized carbons (Fsp3) is 0.286. The number of nitrogens with one attached hydrogen (secondary N) is 1. The van der Waals surface area contributed by atoms with E-state index in [1.165, 1.54) is 0 Å². The van der Waals surface area contributed by atoms with E-state index in [2.05, 4.69) is 10.3 Å². The van der Waals surface area contributed by atoms with Crippen molar-refractivity contribution in [2.45, 2.75) is 6.42 Å². The number of benzene rings is 1. The molecule has 5 heteroatoms. The number of carbonyl (C=O) groups is 1. The Bertz CT molecular complexity index is 596. The van der Waals surface area contributed by atoms with Gasteiger partial charge in [-0.1, -0.05) is 6.07 Å². The Morgan fingerprint density at radius 2 is 2.16 bits per heavy atom. The van der Waals surface area contributed by atoms with Crippen LogP contribution < -0.4 is 5.32 Å². The highest BCUT2D eigenvalue weighted by Crippen LogP contribution is 2.24. The maximum absolute atomic E-state index is 11.5. The van der Waals surface area contributed by atoms with Crippen LogP contribution in [0.15, 0.2) is 30.5 Å². The zero-order valence-corrected chi connectivity index (χ0v) is 11.1. The highest BCUT2D eigenvalue weighted by Gasteiger charge is 2.06. The molecule has 1 aromatic carbocycles. The Kier molecular flexibility index (Phi) is 3.85. The number of aromatic nitrogens is 1. The SMILES string of the molecule is CN(C)C(=O)CCNc1nccc2ccc(O)cc12. The van der Waals surface area contributed by atoms with Gasteiger partial charge in [0, 0.05) is 38.6 Å². The molecule has 0 saturated heterocycles. The number of carbonyl (C=O) groups excluding carboxylic acids is 1. The van der Waals surface area contributed by atoms with Crippen molar-refractivity contribution in [3.8, 4) is 5.75 Å². The number of anilines is 1. The number of aromatic hydroxyl groups is 1. The summed E-state index contributed by atoms with van der Waals surface area (Å²) in [7, 11) is 3.47. The molecule has 0 atom stereocenters. The fourth-order valence-corrected chi connectivity index (χ4v) is 1.81. The summed E-state index contributed by atoms with van der Waals surface area (Å²) in [4.78, 5) is 17.3. The molecule has 5 nitrogen and oxygen atoms in total. The molecule has 0 aliphatic rings. The predicted molar refractivity (Wildman–Crippen MR) is 75.2 cm³/mol. The zero-order chi connectivity index (χ0) is 13.8. The monoisotopic (exact) mass is 259 g/mol. The summed E-state index contributed by atoms with van der Waals surface area (Å²) in [6, 6.07) is 7.02. The summed E-state index contributed by atoms with van der Waals surface area (Å²) in [5, 5.41) is 14.5. The molecule has 2 N–H and O–H groups in total. The molecule has 2 rings (SSSR count). The largest absolute Gasteiger partial charge is 0.508 e. The summed E-state index contributed by atoms with van der Waals surface area (Å²) < 4.78 is 0. The lowest BCUT2D eigenvalue weighted by Crippen LogP contribution is -2.24. The lowest BCUT2D eigenvalue weighted by Gasteiger charge is -2.12. The van der Waals surface area contributed by atoms with E-state index < -0.39 is 0 Å². The molecule has 0 fully saturated rings. The van der Waals surface area contributed by atoms with Crippen LogP contribution >= 0.6 is 0 Å². The van der Waals surface area contributed by atoms with Crippen LogP contribution in [-0.2, 0) is 4.79 Å². The molecule has 100 valence electrons. The molecular weight excluding hydrogens is 242 g/mol. The van der Waals surface area contributed by atoms with Gasteiger partial charge in [-0.3, -0.25) is 4.79 Å². The van der Waals surface area contributed by atoms with Gasteiger partial charge in [0.2, 0.25) is 5.91 Å². The molecule has 2 aromatic rings. The smallest absolute Gasteiger partial charge is 0.223 e. The van der Waals surface area contributed by atoms with Gasteiger partial charge in [-0.15, -0.1) is 0 Å². The molecule has 0 bridgehead atoms. The summed E-state index contributed by atoms with van der Waals surface area (Å²) >= 11 is 0. The van der Waals surface area contributed by atoms with Crippen LogP contribution in [0.3, 0.4) is 0 Å². The van der Waals surface area contributed by atoms with Crippen LogP contribution in [0.25, 0.3) is 10.8 Å². The van der Waals surface area contributed by atoms with Gasteiger partial charge < -0.3 is 15.3 Å². The van der Waals surface area contributed by atoms with Crippen molar-refractivity contribution in [3.63, 3.8) is 0 Å². The van der Waals surface area contributed by atoms with Gasteiger partial charge in [0.25, 0.3) is 0 Å². The molecule has 1 heterocycles. The van der Waals surface area contributed by atoms with Crippen molar-refractivity contribution in [1.29, 1.82) is 0 Å². The first-order valence-corrected chi connectivity index (χ1v) is 6.09. The number of hydrogen-bond donors (Lipinski definition) is 2. The van der Waals surface area contributed by atoms with Crippen LogP contribution in [0.5, 0.6) is 5.75 Å². The number of rotatable bonds is 4. The van der Waals surface area contributed by atoms with Gasteiger partial charge in [-0.05, 0) is 23.6 Å². The van der Waals surface area contributed by atoms with Crippen LogP contribution in [0.2, 0.25) is 0 Å². The Morgan fingerprint density at radius 1 is 1.37 bits per heavy atom. The molecular formula is C14H17N3O2. The molecule has 1 aromatic heterocycles. The molecule has 0 aliphatic heterocycles. The van der Waals surface area contributed by atoms with Gasteiger partial charge in [-0.2, -0.15) is 0 Å². The van der Waals surface area contributed by atoms with Crippen molar-refractivity contribution in [3.05, 3.63) is 30.5 Å². The van der Waals surface area contributed by atoms with Crippen molar-refractivity contribution >= 4 is 22.5 Å². The molecule has 0 saturated carbocycles. The zero-order valence-electron chi connectivity index (χ0n) is 11.1. The van der Waals surface area contributed by atoms with Crippen molar-refractivity contribution in [1.82, 2.24) is 9.88 Å². The third-order valence-electron chi connectivity index (χ3n) is 2.88. The summed E-state index contributed by atoms with van der Waals surface area (Å²) in [5.74, 6) is 0.948. The van der Waals surface area contributed by atoms with E-state index in [-0.39, 0.29) is 11.7 Å². The first-order valence-electron chi connectivity index (χ1n) is 6.09. The van der Waals surface area contributed by atoms with Crippen LogP contribution in [0, 0.1) is 0 Å². The number of phenols is 1. The van der Waals surface area contributed by atoms with Crippen LogP contribution in [0.4, 0.5) is 5.82 Å². The average Bonchev–Trinajstić information content (AvgIpc) is 2.39. The first-order chi connectivity index (χ1) is 9.08. The molecule has 1 amide bonds. The van der Waals surface area contributed by atoms with E-state index >= 15 is 0 Å². The highest BCUT2D eigenvalue weighted by molar-refractivity contribution is 5.92. The normalized spacial score (nSPS) is 10.4. The maximum Gasteiger partial charge on any atom is 0.223 e. The average molecular weight is 259 g/mol. The lowest BCUT2D eigenvalue weighted by molar-refractivity contribution is -0.128. The van der Waals surface area contributed by atoms with E-state index in [0.717, 1.165) is 10.8 Å². The number of hydrogen-bond acceptors (Lipinski definition) is 4. The van der Waals surface area contributed by atoms with E-state index in [9.17, 15) is 9.90 Å². The summed E-state index contributed by atoms with van der Waals surface area (Å²) in [6.07, 6.45) is 2.11. The van der Waals surface area contributed by atoms with E-state index in [1.807, 2.05) is 12.1 Å². The van der Waals surface area contributed by atoms with Crippen LogP contribution in [0.1, 0.15) is 6.42 Å². The van der Waals surface area contributed by atoms with Crippen molar-refractivity contribution < 1.29 is 9.90 Å². The lowest BCUT2D eigenvalue weighted by atomic mass is 10.1. The number of fused-ring (bicyclic) bond motifs is 1. The van der Waals surface area contributed by atoms with Gasteiger partial charge >= 0.3 is 0 Å². The van der Waals surface area contributed by atoms with E-state index in [1.54, 1.807) is 37.3 Å². The Balaban J connectivity index is 2.12. The topological polar surface area (TPSA) is 65.5 Å². The second-order valence-electron chi connectivity index (χ2n) is 4.53.